The Balaban J connectivity index is 2.45. The van der Waals surface area contributed by atoms with E-state index in [0.29, 0.717) is 0 Å². The van der Waals surface area contributed by atoms with Gasteiger partial charge in [-0.2, -0.15) is 5.10 Å². The summed E-state index contributed by atoms with van der Waals surface area (Å²) in [6, 6.07) is 0. The molecule has 0 amide bonds. The molecule has 0 aromatic heterocycles. The van der Waals surface area contributed by atoms with E-state index in [4.69, 9.17) is 0 Å². The summed E-state index contributed by atoms with van der Waals surface area (Å²) in [5.41, 5.74) is 3.90. The van der Waals surface area contributed by atoms with E-state index in [1.165, 1.54) is 0 Å². The lowest BCUT2D eigenvalue weighted by Gasteiger charge is -1.76. The van der Waals surface area contributed by atoms with Crippen LogP contribution in [0.15, 0.2) is 5.10 Å². The van der Waals surface area contributed by atoms with Crippen molar-refractivity contribution in [3.63, 3.8) is 0 Å². The third-order valence-electron chi connectivity index (χ3n) is 0.744. The fourth-order valence-electron chi connectivity index (χ4n) is 0.409. The van der Waals surface area contributed by atoms with Crippen LogP contribution in [0.1, 0.15) is 6.92 Å². The third-order valence-corrected chi connectivity index (χ3v) is 0.744. The number of rotatable bonds is 0. The minimum Gasteiger partial charge on any atom is -0.309 e. The highest BCUT2D eigenvalue weighted by atomic mass is 15.3. The summed E-state index contributed by atoms with van der Waals surface area (Å²) in [6.07, 6.45) is 2.04. The molecule has 1 N–H and O–H groups in total. The first kappa shape index (κ1) is 3.65. The van der Waals surface area contributed by atoms with Gasteiger partial charge in [-0.1, -0.05) is 0 Å². The summed E-state index contributed by atoms with van der Waals surface area (Å²) in [7, 11) is 0. The fourth-order valence-corrected chi connectivity index (χ4v) is 0.409. The van der Waals surface area contributed by atoms with E-state index in [0.717, 1.165) is 12.3 Å². The van der Waals surface area contributed by atoms with Crippen LogP contribution in [0.25, 0.3) is 0 Å². The van der Waals surface area contributed by atoms with Crippen LogP contribution in [0, 0.1) is 6.42 Å². The molecule has 0 aliphatic carbocycles. The number of nitrogens with zero attached hydrogens (tertiary/aromatic N) is 1. The summed E-state index contributed by atoms with van der Waals surface area (Å²) in [6.45, 7) is 2.88. The molecule has 2 nitrogen and oxygen atoms in total. The molecule has 1 rings (SSSR count). The van der Waals surface area contributed by atoms with Crippen molar-refractivity contribution in [2.24, 2.45) is 5.10 Å². The topological polar surface area (TPSA) is 24.4 Å². The normalized spacial score (nSPS) is 19.8. The van der Waals surface area contributed by atoms with Gasteiger partial charge in [0.2, 0.25) is 0 Å². The van der Waals surface area contributed by atoms with Gasteiger partial charge < -0.3 is 5.43 Å². The Kier molecular flexibility index (Phi) is 0.783. The molecule has 0 saturated carbocycles. The second-order valence-electron chi connectivity index (χ2n) is 1.32. The van der Waals surface area contributed by atoms with Crippen molar-refractivity contribution in [3.05, 3.63) is 6.42 Å². The Bertz CT molecular complexity index is 75.6. The van der Waals surface area contributed by atoms with Gasteiger partial charge in [0, 0.05) is 18.7 Å². The van der Waals surface area contributed by atoms with Crippen molar-refractivity contribution in [3.8, 4) is 0 Å². The summed E-state index contributed by atoms with van der Waals surface area (Å²) < 4.78 is 0. The van der Waals surface area contributed by atoms with Gasteiger partial charge in [-0.3, -0.25) is 0 Å². The van der Waals surface area contributed by atoms with Crippen LogP contribution in [-0.4, -0.2) is 12.3 Å². The summed E-state index contributed by atoms with van der Waals surface area (Å²) in [5.74, 6) is 0. The predicted molar refractivity (Wildman–Crippen MR) is 25.4 cm³/mol. The van der Waals surface area contributed by atoms with Gasteiger partial charge in [0.1, 0.15) is 0 Å². The SMILES string of the molecule is CC1=NNC[CH]1. The van der Waals surface area contributed by atoms with Crippen molar-refractivity contribution in [2.75, 3.05) is 6.54 Å². The van der Waals surface area contributed by atoms with Crippen molar-refractivity contribution < 1.29 is 0 Å². The molecule has 1 heterocycles. The summed E-state index contributed by atoms with van der Waals surface area (Å²) in [4.78, 5) is 0. The molecule has 0 spiro atoms. The second kappa shape index (κ2) is 1.29. The Labute approximate surface area is 37.2 Å². The number of nitrogens with one attached hydrogen (secondary N) is 1. The maximum absolute atomic E-state index is 3.85. The first-order valence-corrected chi connectivity index (χ1v) is 2.00. The van der Waals surface area contributed by atoms with E-state index in [-0.39, 0.29) is 0 Å². The average molecular weight is 83.1 g/mol. The van der Waals surface area contributed by atoms with E-state index in [9.17, 15) is 0 Å². The van der Waals surface area contributed by atoms with Gasteiger partial charge in [-0.15, -0.1) is 0 Å². The standard InChI is InChI=1S/C4H7N2/c1-4-2-3-5-6-4/h2,5H,3H2,1H3. The zero-order valence-electron chi connectivity index (χ0n) is 3.73. The van der Waals surface area contributed by atoms with Crippen molar-refractivity contribution in [1.82, 2.24) is 5.43 Å². The van der Waals surface area contributed by atoms with Crippen molar-refractivity contribution in [1.29, 1.82) is 0 Å². The Hall–Kier alpha value is -0.530. The maximum Gasteiger partial charge on any atom is 0.0417 e. The van der Waals surface area contributed by atoms with Crippen LogP contribution in [0.4, 0.5) is 0 Å². The zero-order chi connectivity index (χ0) is 4.41. The van der Waals surface area contributed by atoms with E-state index < -0.39 is 0 Å². The van der Waals surface area contributed by atoms with Gasteiger partial charge >= 0.3 is 0 Å². The molecule has 1 radical (unpaired) electrons. The smallest absolute Gasteiger partial charge is 0.0417 e. The molecule has 6 heavy (non-hydrogen) atoms. The first-order chi connectivity index (χ1) is 2.89. The molecule has 1 aliphatic heterocycles. The highest BCUT2D eigenvalue weighted by Crippen LogP contribution is 1.86. The Morgan fingerprint density at radius 1 is 2.00 bits per heavy atom. The maximum atomic E-state index is 3.85. The highest BCUT2D eigenvalue weighted by molar-refractivity contribution is 5.91. The number of hydrogen-bond donors (Lipinski definition) is 1. The molecule has 33 valence electrons. The van der Waals surface area contributed by atoms with Gasteiger partial charge in [-0.25, -0.2) is 0 Å². The van der Waals surface area contributed by atoms with Crippen LogP contribution < -0.4 is 5.43 Å². The lowest BCUT2D eigenvalue weighted by molar-refractivity contribution is 0.853. The van der Waals surface area contributed by atoms with Gasteiger partial charge in [-0.05, 0) is 6.92 Å². The van der Waals surface area contributed by atoms with Gasteiger partial charge in [0.25, 0.3) is 0 Å². The van der Waals surface area contributed by atoms with E-state index in [2.05, 4.69) is 10.5 Å². The molecular weight excluding hydrogens is 76.1 g/mol. The molecule has 0 unspecified atom stereocenters. The molecule has 0 aromatic carbocycles. The molecule has 2 heteroatoms. The first-order valence-electron chi connectivity index (χ1n) is 2.00. The van der Waals surface area contributed by atoms with E-state index in [1.807, 2.05) is 13.3 Å². The van der Waals surface area contributed by atoms with Crippen LogP contribution in [-0.2, 0) is 0 Å². The monoisotopic (exact) mass is 83.1 g/mol. The highest BCUT2D eigenvalue weighted by Gasteiger charge is 1.96. The summed E-state index contributed by atoms with van der Waals surface area (Å²) >= 11 is 0. The lowest BCUT2D eigenvalue weighted by Crippen LogP contribution is -1.97. The number of hydrogen-bond acceptors (Lipinski definition) is 2. The van der Waals surface area contributed by atoms with Crippen molar-refractivity contribution >= 4 is 5.71 Å². The Morgan fingerprint density at radius 3 is 3.00 bits per heavy atom. The minimum atomic E-state index is 0.909. The van der Waals surface area contributed by atoms with Crippen LogP contribution in [0.3, 0.4) is 0 Å². The predicted octanol–water partition coefficient (Wildman–Crippen LogP) is 0.170. The third kappa shape index (κ3) is 0.506. The zero-order valence-corrected chi connectivity index (χ0v) is 3.73. The number of hydrazone groups is 1. The van der Waals surface area contributed by atoms with E-state index in [1.54, 1.807) is 0 Å². The molecule has 0 bridgehead atoms. The second-order valence-corrected chi connectivity index (χ2v) is 1.32. The average Bonchev–Trinajstić information content (AvgIpc) is 1.86. The molecular formula is C4H7N2. The fraction of sp³-hybridized carbons (Fsp3) is 0.500. The minimum absolute atomic E-state index is 0.909. The summed E-state index contributed by atoms with van der Waals surface area (Å²) in [5, 5.41) is 3.85. The quantitative estimate of drug-likeness (QED) is 0.443. The molecule has 0 aromatic rings. The van der Waals surface area contributed by atoms with Crippen LogP contribution in [0.2, 0.25) is 0 Å². The largest absolute Gasteiger partial charge is 0.309 e. The molecule has 0 fully saturated rings. The molecule has 0 atom stereocenters. The van der Waals surface area contributed by atoms with Crippen LogP contribution in [0.5, 0.6) is 0 Å². The molecule has 1 aliphatic rings. The van der Waals surface area contributed by atoms with E-state index >= 15 is 0 Å². The van der Waals surface area contributed by atoms with Crippen molar-refractivity contribution in [2.45, 2.75) is 6.92 Å². The van der Waals surface area contributed by atoms with Gasteiger partial charge in [0.15, 0.2) is 0 Å². The Morgan fingerprint density at radius 2 is 2.83 bits per heavy atom. The van der Waals surface area contributed by atoms with Gasteiger partial charge in [0.05, 0.1) is 0 Å². The molecule has 0 saturated heterocycles. The van der Waals surface area contributed by atoms with Crippen LogP contribution >= 0.6 is 0 Å². The lowest BCUT2D eigenvalue weighted by atomic mass is 10.3.